The highest BCUT2D eigenvalue weighted by Crippen LogP contribution is 2.36. The molecule has 0 radical (unpaired) electrons. The van der Waals surface area contributed by atoms with Crippen molar-refractivity contribution in [1.82, 2.24) is 20.2 Å². The standard InChI is InChI=1S/C22H26N4O2/c1-14-11-19(16-5-3-6-16)25-21(24-14)17-7-4-8-18(12-17)22(28)26-10-9-20(27)23-13-15(26)2/h4,7-8,11-12,15-16H,3,5-6,9-10,13H2,1-2H3,(H,23,27)/t15-/m0/s1. The molecule has 6 heteroatoms. The number of aromatic nitrogens is 2. The Morgan fingerprint density at radius 2 is 2.04 bits per heavy atom. The maximum atomic E-state index is 13.1. The topological polar surface area (TPSA) is 75.2 Å². The average Bonchev–Trinajstić information content (AvgIpc) is 2.80. The summed E-state index contributed by atoms with van der Waals surface area (Å²) in [4.78, 5) is 35.9. The van der Waals surface area contributed by atoms with Gasteiger partial charge in [0.15, 0.2) is 5.82 Å². The molecular formula is C22H26N4O2. The van der Waals surface area contributed by atoms with E-state index in [0.717, 1.165) is 17.0 Å². The van der Waals surface area contributed by atoms with Gasteiger partial charge in [0.25, 0.3) is 5.91 Å². The van der Waals surface area contributed by atoms with Crippen LogP contribution in [0.15, 0.2) is 30.3 Å². The van der Waals surface area contributed by atoms with E-state index < -0.39 is 0 Å². The summed E-state index contributed by atoms with van der Waals surface area (Å²) in [5.74, 6) is 1.15. The van der Waals surface area contributed by atoms with Crippen LogP contribution in [-0.4, -0.2) is 45.8 Å². The predicted molar refractivity (Wildman–Crippen MR) is 107 cm³/mol. The van der Waals surface area contributed by atoms with Crippen LogP contribution in [0.1, 0.15) is 60.3 Å². The normalized spacial score (nSPS) is 20.3. The highest BCUT2D eigenvalue weighted by atomic mass is 16.2. The molecule has 2 amide bonds. The number of nitrogens with one attached hydrogen (secondary N) is 1. The largest absolute Gasteiger partial charge is 0.354 e. The number of benzene rings is 1. The molecule has 4 rings (SSSR count). The summed E-state index contributed by atoms with van der Waals surface area (Å²) in [7, 11) is 0. The minimum atomic E-state index is -0.0577. The Bertz CT molecular complexity index is 907. The maximum Gasteiger partial charge on any atom is 0.254 e. The van der Waals surface area contributed by atoms with E-state index in [-0.39, 0.29) is 17.9 Å². The number of nitrogens with zero attached hydrogens (tertiary/aromatic N) is 3. The quantitative estimate of drug-likeness (QED) is 0.891. The summed E-state index contributed by atoms with van der Waals surface area (Å²) in [6.07, 6.45) is 3.97. The van der Waals surface area contributed by atoms with Crippen molar-refractivity contribution in [3.05, 3.63) is 47.3 Å². The van der Waals surface area contributed by atoms with E-state index in [9.17, 15) is 9.59 Å². The molecule has 1 aromatic carbocycles. The molecular weight excluding hydrogens is 352 g/mol. The van der Waals surface area contributed by atoms with Gasteiger partial charge in [0, 0.05) is 54.0 Å². The van der Waals surface area contributed by atoms with E-state index in [1.807, 2.05) is 38.1 Å². The van der Waals surface area contributed by atoms with Gasteiger partial charge < -0.3 is 10.2 Å². The second-order valence-corrected chi connectivity index (χ2v) is 7.87. The highest BCUT2D eigenvalue weighted by molar-refractivity contribution is 5.96. The zero-order chi connectivity index (χ0) is 19.7. The van der Waals surface area contributed by atoms with Crippen LogP contribution in [0.5, 0.6) is 0 Å². The van der Waals surface area contributed by atoms with Gasteiger partial charge in [-0.1, -0.05) is 18.6 Å². The van der Waals surface area contributed by atoms with Crippen molar-refractivity contribution in [2.45, 2.75) is 51.5 Å². The lowest BCUT2D eigenvalue weighted by atomic mass is 9.82. The number of hydrogen-bond acceptors (Lipinski definition) is 4. The SMILES string of the molecule is Cc1cc(C2CCC2)nc(-c2cccc(C(=O)N3CCC(=O)NC[C@@H]3C)c2)n1. The summed E-state index contributed by atoms with van der Waals surface area (Å²) in [5.41, 5.74) is 3.52. The summed E-state index contributed by atoms with van der Waals surface area (Å²) in [5, 5.41) is 2.85. The van der Waals surface area contributed by atoms with E-state index in [1.165, 1.54) is 19.3 Å². The molecule has 1 N–H and O–H groups in total. The van der Waals surface area contributed by atoms with Gasteiger partial charge in [-0.05, 0) is 44.9 Å². The van der Waals surface area contributed by atoms with Gasteiger partial charge in [-0.3, -0.25) is 9.59 Å². The molecule has 1 aliphatic heterocycles. The van der Waals surface area contributed by atoms with Crippen molar-refractivity contribution in [3.8, 4) is 11.4 Å². The fourth-order valence-electron chi connectivity index (χ4n) is 3.80. The molecule has 1 saturated carbocycles. The molecule has 2 aromatic rings. The summed E-state index contributed by atoms with van der Waals surface area (Å²) in [6, 6.07) is 9.56. The third-order valence-electron chi connectivity index (χ3n) is 5.73. The van der Waals surface area contributed by atoms with Crippen molar-refractivity contribution >= 4 is 11.8 Å². The van der Waals surface area contributed by atoms with Crippen LogP contribution in [0.4, 0.5) is 0 Å². The van der Waals surface area contributed by atoms with Crippen molar-refractivity contribution in [1.29, 1.82) is 0 Å². The van der Waals surface area contributed by atoms with Gasteiger partial charge in [-0.2, -0.15) is 0 Å². The minimum absolute atomic E-state index is 0.00687. The second-order valence-electron chi connectivity index (χ2n) is 7.87. The minimum Gasteiger partial charge on any atom is -0.354 e. The Morgan fingerprint density at radius 1 is 1.21 bits per heavy atom. The second kappa shape index (κ2) is 7.70. The molecule has 0 spiro atoms. The summed E-state index contributed by atoms with van der Waals surface area (Å²) < 4.78 is 0. The lowest BCUT2D eigenvalue weighted by Crippen LogP contribution is -2.41. The third kappa shape index (κ3) is 3.77. The highest BCUT2D eigenvalue weighted by Gasteiger charge is 2.26. The fourth-order valence-corrected chi connectivity index (χ4v) is 3.80. The smallest absolute Gasteiger partial charge is 0.254 e. The monoisotopic (exact) mass is 378 g/mol. The van der Waals surface area contributed by atoms with Crippen LogP contribution < -0.4 is 5.32 Å². The fraction of sp³-hybridized carbons (Fsp3) is 0.455. The maximum absolute atomic E-state index is 13.1. The van der Waals surface area contributed by atoms with Crippen LogP contribution in [0, 0.1) is 6.92 Å². The molecule has 0 unspecified atom stereocenters. The Labute approximate surface area is 165 Å². The van der Waals surface area contributed by atoms with E-state index in [4.69, 9.17) is 4.98 Å². The molecule has 2 fully saturated rings. The van der Waals surface area contributed by atoms with Gasteiger partial charge in [0.1, 0.15) is 0 Å². The van der Waals surface area contributed by atoms with Gasteiger partial charge in [-0.25, -0.2) is 9.97 Å². The molecule has 28 heavy (non-hydrogen) atoms. The average molecular weight is 378 g/mol. The molecule has 1 saturated heterocycles. The Balaban J connectivity index is 1.62. The summed E-state index contributed by atoms with van der Waals surface area (Å²) >= 11 is 0. The van der Waals surface area contributed by atoms with Crippen molar-refractivity contribution < 1.29 is 9.59 Å². The predicted octanol–water partition coefficient (Wildman–Crippen LogP) is 3.07. The van der Waals surface area contributed by atoms with Crippen LogP contribution in [-0.2, 0) is 4.79 Å². The molecule has 1 atom stereocenters. The molecule has 1 aromatic heterocycles. The first-order valence-electron chi connectivity index (χ1n) is 10.0. The van der Waals surface area contributed by atoms with Crippen LogP contribution in [0.25, 0.3) is 11.4 Å². The lowest BCUT2D eigenvalue weighted by molar-refractivity contribution is -0.120. The van der Waals surface area contributed by atoms with Crippen molar-refractivity contribution in [2.75, 3.05) is 13.1 Å². The number of carbonyl (C=O) groups excluding carboxylic acids is 2. The zero-order valence-electron chi connectivity index (χ0n) is 16.4. The Kier molecular flexibility index (Phi) is 5.11. The molecule has 6 nitrogen and oxygen atoms in total. The third-order valence-corrected chi connectivity index (χ3v) is 5.73. The van der Waals surface area contributed by atoms with Gasteiger partial charge in [-0.15, -0.1) is 0 Å². The van der Waals surface area contributed by atoms with Gasteiger partial charge >= 0.3 is 0 Å². The number of rotatable bonds is 3. The van der Waals surface area contributed by atoms with Gasteiger partial charge in [0.05, 0.1) is 0 Å². The summed E-state index contributed by atoms with van der Waals surface area (Å²) in [6.45, 7) is 4.87. The van der Waals surface area contributed by atoms with Crippen molar-refractivity contribution in [2.24, 2.45) is 0 Å². The Hall–Kier alpha value is -2.76. The van der Waals surface area contributed by atoms with E-state index in [0.29, 0.717) is 36.8 Å². The van der Waals surface area contributed by atoms with Crippen molar-refractivity contribution in [3.63, 3.8) is 0 Å². The Morgan fingerprint density at radius 3 is 2.79 bits per heavy atom. The van der Waals surface area contributed by atoms with E-state index in [1.54, 1.807) is 4.90 Å². The first-order chi connectivity index (χ1) is 13.5. The molecule has 1 aliphatic carbocycles. The van der Waals surface area contributed by atoms with Crippen LogP contribution in [0.2, 0.25) is 0 Å². The number of amides is 2. The molecule has 146 valence electrons. The number of hydrogen-bond donors (Lipinski definition) is 1. The first kappa shape index (κ1) is 18.6. The zero-order valence-corrected chi connectivity index (χ0v) is 16.4. The molecule has 2 heterocycles. The van der Waals surface area contributed by atoms with Crippen LogP contribution in [0.3, 0.4) is 0 Å². The number of aryl methyl sites for hydroxylation is 1. The van der Waals surface area contributed by atoms with Gasteiger partial charge in [0.2, 0.25) is 5.91 Å². The number of carbonyl (C=O) groups is 2. The molecule has 0 bridgehead atoms. The molecule has 2 aliphatic rings. The van der Waals surface area contributed by atoms with E-state index >= 15 is 0 Å². The van der Waals surface area contributed by atoms with E-state index in [2.05, 4.69) is 16.4 Å². The first-order valence-corrected chi connectivity index (χ1v) is 10.0. The lowest BCUT2D eigenvalue weighted by Gasteiger charge is -2.27. The van der Waals surface area contributed by atoms with Crippen LogP contribution >= 0.6 is 0 Å².